The molecule has 0 aliphatic rings. The fraction of sp³-hybridized carbons (Fsp3) is 0.357. The molecule has 18 heavy (non-hydrogen) atoms. The smallest absolute Gasteiger partial charge is 0.125 e. The van der Waals surface area contributed by atoms with Gasteiger partial charge in [-0.1, -0.05) is 18.2 Å². The standard InChI is InChI=1S/C14H18N2O2/c1-9-13(10(2)16(3)15-9)14(17)11-7-5-6-8-12(11)18-4/h5-8,14,17H,1-4H3. The van der Waals surface area contributed by atoms with E-state index in [1.807, 2.05) is 45.2 Å². The number of nitrogens with zero attached hydrogens (tertiary/aromatic N) is 2. The number of para-hydroxylation sites is 1. The largest absolute Gasteiger partial charge is 0.496 e. The summed E-state index contributed by atoms with van der Waals surface area (Å²) in [5, 5.41) is 14.9. The van der Waals surface area contributed by atoms with Crippen molar-refractivity contribution in [3.05, 3.63) is 46.8 Å². The molecule has 1 aromatic heterocycles. The lowest BCUT2D eigenvalue weighted by molar-refractivity contribution is 0.213. The Hall–Kier alpha value is -1.81. The third-order valence-electron chi connectivity index (χ3n) is 3.27. The van der Waals surface area contributed by atoms with Gasteiger partial charge in [-0.05, 0) is 19.9 Å². The SMILES string of the molecule is COc1ccccc1C(O)c1c(C)nn(C)c1C. The molecular formula is C14H18N2O2. The summed E-state index contributed by atoms with van der Waals surface area (Å²) in [4.78, 5) is 0. The van der Waals surface area contributed by atoms with Crippen molar-refractivity contribution in [2.75, 3.05) is 7.11 Å². The molecule has 0 bridgehead atoms. The lowest BCUT2D eigenvalue weighted by Crippen LogP contribution is -2.05. The van der Waals surface area contributed by atoms with E-state index in [0.717, 1.165) is 22.5 Å². The van der Waals surface area contributed by atoms with Crippen LogP contribution in [0.5, 0.6) is 5.75 Å². The molecule has 4 nitrogen and oxygen atoms in total. The highest BCUT2D eigenvalue weighted by Crippen LogP contribution is 2.32. The van der Waals surface area contributed by atoms with Crippen molar-refractivity contribution >= 4 is 0 Å². The van der Waals surface area contributed by atoms with Gasteiger partial charge < -0.3 is 9.84 Å². The minimum Gasteiger partial charge on any atom is -0.496 e. The van der Waals surface area contributed by atoms with Gasteiger partial charge in [-0.3, -0.25) is 4.68 Å². The molecule has 0 fully saturated rings. The maximum atomic E-state index is 10.5. The first-order valence-electron chi connectivity index (χ1n) is 5.87. The Balaban J connectivity index is 2.51. The molecule has 0 saturated carbocycles. The topological polar surface area (TPSA) is 47.3 Å². The quantitative estimate of drug-likeness (QED) is 0.902. The van der Waals surface area contributed by atoms with Crippen molar-refractivity contribution in [3.63, 3.8) is 0 Å². The molecule has 1 heterocycles. The second-order valence-corrected chi connectivity index (χ2v) is 4.35. The van der Waals surface area contributed by atoms with Gasteiger partial charge in [0.25, 0.3) is 0 Å². The predicted molar refractivity (Wildman–Crippen MR) is 69.7 cm³/mol. The Morgan fingerprint density at radius 1 is 1.28 bits per heavy atom. The highest BCUT2D eigenvalue weighted by molar-refractivity contribution is 5.42. The molecule has 0 aliphatic carbocycles. The highest BCUT2D eigenvalue weighted by Gasteiger charge is 2.21. The first-order chi connectivity index (χ1) is 8.56. The predicted octanol–water partition coefficient (Wildman–Crippen LogP) is 2.13. The molecule has 1 N–H and O–H groups in total. The minimum absolute atomic E-state index is 0.688. The van der Waals surface area contributed by atoms with E-state index >= 15 is 0 Å². The van der Waals surface area contributed by atoms with Crippen molar-refractivity contribution in [3.8, 4) is 5.75 Å². The Morgan fingerprint density at radius 2 is 1.94 bits per heavy atom. The van der Waals surface area contributed by atoms with E-state index in [1.165, 1.54) is 0 Å². The van der Waals surface area contributed by atoms with E-state index in [0.29, 0.717) is 5.75 Å². The van der Waals surface area contributed by atoms with Crippen LogP contribution in [0.1, 0.15) is 28.6 Å². The molecule has 1 atom stereocenters. The molecule has 0 amide bonds. The van der Waals surface area contributed by atoms with Crippen LogP contribution >= 0.6 is 0 Å². The van der Waals surface area contributed by atoms with Crippen LogP contribution in [0.25, 0.3) is 0 Å². The first-order valence-corrected chi connectivity index (χ1v) is 5.87. The molecular weight excluding hydrogens is 228 g/mol. The minimum atomic E-state index is -0.713. The Bertz CT molecular complexity index is 561. The third kappa shape index (κ3) is 1.99. The van der Waals surface area contributed by atoms with Crippen LogP contribution in [-0.4, -0.2) is 22.0 Å². The van der Waals surface area contributed by atoms with Gasteiger partial charge in [0, 0.05) is 23.9 Å². The molecule has 0 spiro atoms. The normalized spacial score (nSPS) is 12.5. The number of hydrogen-bond acceptors (Lipinski definition) is 3. The van der Waals surface area contributed by atoms with Crippen LogP contribution in [0.15, 0.2) is 24.3 Å². The average molecular weight is 246 g/mol. The summed E-state index contributed by atoms with van der Waals surface area (Å²) in [5.41, 5.74) is 3.42. The number of methoxy groups -OCH3 is 1. The molecule has 2 rings (SSSR count). The van der Waals surface area contributed by atoms with Gasteiger partial charge in [0.15, 0.2) is 0 Å². The molecule has 2 aromatic rings. The van der Waals surface area contributed by atoms with Crippen LogP contribution in [0.3, 0.4) is 0 Å². The van der Waals surface area contributed by atoms with Crippen LogP contribution in [0.2, 0.25) is 0 Å². The summed E-state index contributed by atoms with van der Waals surface area (Å²) in [6, 6.07) is 7.50. The molecule has 0 saturated heterocycles. The van der Waals surface area contributed by atoms with Gasteiger partial charge >= 0.3 is 0 Å². The molecule has 0 aliphatic heterocycles. The number of aliphatic hydroxyl groups is 1. The van der Waals surface area contributed by atoms with Gasteiger partial charge in [0.2, 0.25) is 0 Å². The first kappa shape index (κ1) is 12.6. The van der Waals surface area contributed by atoms with E-state index in [9.17, 15) is 5.11 Å². The van der Waals surface area contributed by atoms with Gasteiger partial charge in [0.1, 0.15) is 11.9 Å². The molecule has 96 valence electrons. The number of aromatic nitrogens is 2. The van der Waals surface area contributed by atoms with Crippen molar-refractivity contribution < 1.29 is 9.84 Å². The fourth-order valence-corrected chi connectivity index (χ4v) is 2.23. The van der Waals surface area contributed by atoms with Crippen molar-refractivity contribution in [1.29, 1.82) is 0 Å². The van der Waals surface area contributed by atoms with E-state index in [4.69, 9.17) is 4.74 Å². The fourth-order valence-electron chi connectivity index (χ4n) is 2.23. The number of aryl methyl sites for hydroxylation is 2. The Labute approximate surface area is 107 Å². The van der Waals surface area contributed by atoms with Gasteiger partial charge in [-0.2, -0.15) is 5.10 Å². The van der Waals surface area contributed by atoms with Crippen molar-refractivity contribution in [2.24, 2.45) is 7.05 Å². The number of ether oxygens (including phenoxy) is 1. The molecule has 0 radical (unpaired) electrons. The summed E-state index contributed by atoms with van der Waals surface area (Å²) in [6.45, 7) is 3.86. The van der Waals surface area contributed by atoms with E-state index < -0.39 is 6.10 Å². The van der Waals surface area contributed by atoms with Crippen LogP contribution in [0.4, 0.5) is 0 Å². The number of hydrogen-bond donors (Lipinski definition) is 1. The summed E-state index contributed by atoms with van der Waals surface area (Å²) in [7, 11) is 3.48. The molecule has 1 unspecified atom stereocenters. The maximum Gasteiger partial charge on any atom is 0.125 e. The summed E-state index contributed by atoms with van der Waals surface area (Å²) in [6.07, 6.45) is -0.713. The zero-order chi connectivity index (χ0) is 13.3. The third-order valence-corrected chi connectivity index (χ3v) is 3.27. The van der Waals surface area contributed by atoms with Crippen LogP contribution < -0.4 is 4.74 Å². The molecule has 1 aromatic carbocycles. The Kier molecular flexibility index (Phi) is 3.39. The van der Waals surface area contributed by atoms with Gasteiger partial charge in [0.05, 0.1) is 12.8 Å². The monoisotopic (exact) mass is 246 g/mol. The Morgan fingerprint density at radius 3 is 2.50 bits per heavy atom. The zero-order valence-corrected chi connectivity index (χ0v) is 11.1. The van der Waals surface area contributed by atoms with Gasteiger partial charge in [-0.25, -0.2) is 0 Å². The van der Waals surface area contributed by atoms with Gasteiger partial charge in [-0.15, -0.1) is 0 Å². The summed E-state index contributed by atoms with van der Waals surface area (Å²) < 4.78 is 7.07. The second kappa shape index (κ2) is 4.82. The number of aliphatic hydroxyl groups excluding tert-OH is 1. The van der Waals surface area contributed by atoms with Crippen molar-refractivity contribution in [2.45, 2.75) is 20.0 Å². The lowest BCUT2D eigenvalue weighted by Gasteiger charge is -2.15. The number of benzene rings is 1. The number of rotatable bonds is 3. The second-order valence-electron chi connectivity index (χ2n) is 4.35. The van der Waals surface area contributed by atoms with Crippen LogP contribution in [-0.2, 0) is 7.05 Å². The van der Waals surface area contributed by atoms with E-state index in [2.05, 4.69) is 5.10 Å². The molecule has 4 heteroatoms. The van der Waals surface area contributed by atoms with E-state index in [-0.39, 0.29) is 0 Å². The summed E-state index contributed by atoms with van der Waals surface area (Å²) >= 11 is 0. The highest BCUT2D eigenvalue weighted by atomic mass is 16.5. The zero-order valence-electron chi connectivity index (χ0n) is 11.1. The van der Waals surface area contributed by atoms with Crippen LogP contribution in [0, 0.1) is 13.8 Å². The maximum absolute atomic E-state index is 10.5. The van der Waals surface area contributed by atoms with Crippen molar-refractivity contribution in [1.82, 2.24) is 9.78 Å². The lowest BCUT2D eigenvalue weighted by atomic mass is 9.99. The summed E-state index contributed by atoms with van der Waals surface area (Å²) in [5.74, 6) is 0.688. The average Bonchev–Trinajstić information content (AvgIpc) is 2.62. The van der Waals surface area contributed by atoms with E-state index in [1.54, 1.807) is 11.8 Å².